The lowest BCUT2D eigenvalue weighted by Crippen LogP contribution is -2.40. The molecule has 0 bridgehead atoms. The van der Waals surface area contributed by atoms with Crippen LogP contribution in [0.4, 0.5) is 0 Å². The number of benzene rings is 8. The molecule has 0 N–H and O–H groups in total. The second kappa shape index (κ2) is 12.7. The van der Waals surface area contributed by atoms with Crippen molar-refractivity contribution in [3.05, 3.63) is 221 Å². The van der Waals surface area contributed by atoms with Crippen LogP contribution in [0.25, 0.3) is 76.6 Å². The summed E-state index contributed by atoms with van der Waals surface area (Å²) < 4.78 is 2.44. The fourth-order valence-electron chi connectivity index (χ4n) is 10.1. The minimum atomic E-state index is -0.446. The van der Waals surface area contributed by atoms with Crippen LogP contribution in [0.1, 0.15) is 47.2 Å². The van der Waals surface area contributed by atoms with Crippen molar-refractivity contribution in [3.8, 4) is 56.4 Å². The molecule has 2 aromatic heterocycles. The van der Waals surface area contributed by atoms with Crippen molar-refractivity contribution in [2.75, 3.05) is 0 Å². The van der Waals surface area contributed by atoms with Gasteiger partial charge in [-0.15, -0.1) is 11.3 Å². The molecule has 8 aromatic carbocycles. The van der Waals surface area contributed by atoms with Crippen LogP contribution in [0, 0.1) is 0 Å². The number of thiophene rings is 1. The molecule has 2 aliphatic rings. The van der Waals surface area contributed by atoms with E-state index in [0.29, 0.717) is 17.5 Å². The maximum absolute atomic E-state index is 5.24. The zero-order chi connectivity index (χ0) is 39.3. The molecule has 1 spiro atoms. The summed E-state index contributed by atoms with van der Waals surface area (Å²) in [6.07, 6.45) is 0. The van der Waals surface area contributed by atoms with E-state index >= 15 is 0 Å². The van der Waals surface area contributed by atoms with Crippen molar-refractivity contribution in [2.24, 2.45) is 0 Å². The fourth-order valence-corrected chi connectivity index (χ4v) is 11.3. The highest BCUT2D eigenvalue weighted by Crippen LogP contribution is 2.63. The highest BCUT2D eigenvalue weighted by molar-refractivity contribution is 7.26. The first kappa shape index (κ1) is 34.1. The quantitative estimate of drug-likeness (QED) is 0.179. The third-order valence-electron chi connectivity index (χ3n) is 12.8. The van der Waals surface area contributed by atoms with Crippen LogP contribution in [0.3, 0.4) is 0 Å². The lowest BCUT2D eigenvalue weighted by atomic mass is 9.55. The van der Waals surface area contributed by atoms with Crippen LogP contribution in [0.5, 0.6) is 0 Å². The first-order valence-corrected chi connectivity index (χ1v) is 21.1. The normalized spacial score (nSPS) is 14.2. The van der Waals surface area contributed by atoms with Gasteiger partial charge in [0.2, 0.25) is 0 Å². The first-order chi connectivity index (χ1) is 29.0. The van der Waals surface area contributed by atoms with Crippen molar-refractivity contribution < 1.29 is 0 Å². The molecule has 2 heterocycles. The number of fused-ring (bicyclic) bond motifs is 12. The minimum Gasteiger partial charge on any atom is -0.208 e. The van der Waals surface area contributed by atoms with Crippen molar-refractivity contribution in [2.45, 2.75) is 24.7 Å². The monoisotopic (exact) mass is 771 g/mol. The molecule has 59 heavy (non-hydrogen) atoms. The second-order valence-electron chi connectivity index (χ2n) is 16.3. The smallest absolute Gasteiger partial charge is 0.165 e. The van der Waals surface area contributed by atoms with E-state index < -0.39 is 5.41 Å². The molecule has 278 valence electrons. The molecule has 4 heteroatoms. The molecule has 12 rings (SSSR count). The van der Waals surface area contributed by atoms with E-state index in [1.807, 2.05) is 35.6 Å². The summed E-state index contributed by atoms with van der Waals surface area (Å²) in [4.78, 5) is 15.5. The van der Waals surface area contributed by atoms with Gasteiger partial charge in [-0.3, -0.25) is 0 Å². The topological polar surface area (TPSA) is 38.7 Å². The van der Waals surface area contributed by atoms with Gasteiger partial charge < -0.3 is 0 Å². The molecule has 0 fully saturated rings. The molecule has 0 aliphatic heterocycles. The third-order valence-corrected chi connectivity index (χ3v) is 14.0. The average Bonchev–Trinajstić information content (AvgIpc) is 3.82. The maximum Gasteiger partial charge on any atom is 0.165 e. The lowest BCUT2D eigenvalue weighted by Gasteiger charge is -2.46. The zero-order valence-electron chi connectivity index (χ0n) is 32.6. The van der Waals surface area contributed by atoms with Crippen LogP contribution in [-0.4, -0.2) is 15.0 Å². The highest BCUT2D eigenvalue weighted by atomic mass is 32.1. The molecule has 0 amide bonds. The van der Waals surface area contributed by atoms with Crippen molar-refractivity contribution in [3.63, 3.8) is 0 Å². The molecule has 10 aromatic rings. The van der Waals surface area contributed by atoms with E-state index in [2.05, 4.69) is 178 Å². The van der Waals surface area contributed by atoms with Gasteiger partial charge in [0.05, 0.1) is 5.41 Å². The molecule has 3 nitrogen and oxygen atoms in total. The number of hydrogen-bond acceptors (Lipinski definition) is 4. The van der Waals surface area contributed by atoms with Gasteiger partial charge in [0, 0.05) is 42.3 Å². The third kappa shape index (κ3) is 4.90. The summed E-state index contributed by atoms with van der Waals surface area (Å²) in [6, 6.07) is 68.2. The number of nitrogens with zero attached hydrogens (tertiary/aromatic N) is 3. The summed E-state index contributed by atoms with van der Waals surface area (Å²) >= 11 is 1.84. The van der Waals surface area contributed by atoms with E-state index in [9.17, 15) is 0 Å². The Morgan fingerprint density at radius 3 is 1.51 bits per heavy atom. The SMILES string of the molecule is CC1(C)c2ccccc2C2(c3ccccc3-c3ccccc32)c2cc3c(cc21)sc1c(-c2nc(-c4ccccc4)nc(-c4ccc(-c5ccccc5)cc4)n2)cccc13. The van der Waals surface area contributed by atoms with Gasteiger partial charge in [-0.25, -0.2) is 15.0 Å². The Morgan fingerprint density at radius 2 is 0.847 bits per heavy atom. The van der Waals surface area contributed by atoms with Crippen LogP contribution < -0.4 is 0 Å². The Balaban J connectivity index is 1.09. The number of rotatable bonds is 4. The Kier molecular flexibility index (Phi) is 7.36. The first-order valence-electron chi connectivity index (χ1n) is 20.3. The van der Waals surface area contributed by atoms with Gasteiger partial charge in [-0.1, -0.05) is 184 Å². The molecule has 0 saturated heterocycles. The molecule has 0 radical (unpaired) electrons. The van der Waals surface area contributed by atoms with E-state index in [-0.39, 0.29) is 5.41 Å². The van der Waals surface area contributed by atoms with E-state index in [4.69, 9.17) is 15.0 Å². The van der Waals surface area contributed by atoms with Crippen LogP contribution >= 0.6 is 11.3 Å². The van der Waals surface area contributed by atoms with E-state index in [0.717, 1.165) is 22.3 Å². The van der Waals surface area contributed by atoms with Crippen molar-refractivity contribution in [1.82, 2.24) is 15.0 Å². The van der Waals surface area contributed by atoms with Gasteiger partial charge in [-0.05, 0) is 73.8 Å². The highest BCUT2D eigenvalue weighted by Gasteiger charge is 2.53. The van der Waals surface area contributed by atoms with E-state index in [1.54, 1.807) is 0 Å². The van der Waals surface area contributed by atoms with Crippen LogP contribution in [0.15, 0.2) is 188 Å². The zero-order valence-corrected chi connectivity index (χ0v) is 33.5. The number of aromatic nitrogens is 3. The van der Waals surface area contributed by atoms with Gasteiger partial charge in [0.15, 0.2) is 17.5 Å². The summed E-state index contributed by atoms with van der Waals surface area (Å²) in [6.45, 7) is 4.80. The fraction of sp³-hybridized carbons (Fsp3) is 0.0727. The summed E-state index contributed by atoms with van der Waals surface area (Å²) in [5.74, 6) is 1.99. The Bertz CT molecular complexity index is 3240. The maximum atomic E-state index is 5.24. The van der Waals surface area contributed by atoms with Gasteiger partial charge >= 0.3 is 0 Å². The summed E-state index contributed by atoms with van der Waals surface area (Å²) in [5.41, 5.74) is 15.4. The van der Waals surface area contributed by atoms with Gasteiger partial charge in [-0.2, -0.15) is 0 Å². The standard InChI is InChI=1S/C55H37N3S/c1-54(2)45-26-13-14-27-46(45)55(43-24-11-9-20-38(43)39-21-10-12-25-44(39)55)48-32-42-40-22-15-23-41(50(40)59-49(42)33-47(48)54)53-57-51(36-18-7-4-8-19-36)56-52(58-53)37-30-28-35(29-31-37)34-16-5-3-6-17-34/h3-33H,1-2H3. The van der Waals surface area contributed by atoms with Crippen LogP contribution in [0.2, 0.25) is 0 Å². The molecular weight excluding hydrogens is 735 g/mol. The number of hydrogen-bond donors (Lipinski definition) is 0. The second-order valence-corrected chi connectivity index (χ2v) is 17.4. The van der Waals surface area contributed by atoms with Crippen molar-refractivity contribution >= 4 is 31.5 Å². The van der Waals surface area contributed by atoms with E-state index in [1.165, 1.54) is 70.2 Å². The Morgan fingerprint density at radius 1 is 0.356 bits per heavy atom. The Labute approximate surface area is 347 Å². The molecule has 2 aliphatic carbocycles. The lowest BCUT2D eigenvalue weighted by molar-refractivity contribution is 0.564. The Hall–Kier alpha value is -7.01. The van der Waals surface area contributed by atoms with Gasteiger partial charge in [0.1, 0.15) is 0 Å². The van der Waals surface area contributed by atoms with Crippen LogP contribution in [-0.2, 0) is 10.8 Å². The molecule has 0 atom stereocenters. The molecule has 0 saturated carbocycles. The predicted octanol–water partition coefficient (Wildman–Crippen LogP) is 13.9. The summed E-state index contributed by atoms with van der Waals surface area (Å²) in [7, 11) is 0. The minimum absolute atomic E-state index is 0.222. The average molecular weight is 772 g/mol. The molecular formula is C55H37N3S. The largest absolute Gasteiger partial charge is 0.208 e. The van der Waals surface area contributed by atoms with Crippen molar-refractivity contribution in [1.29, 1.82) is 0 Å². The predicted molar refractivity (Wildman–Crippen MR) is 244 cm³/mol. The summed E-state index contributed by atoms with van der Waals surface area (Å²) in [5, 5.41) is 2.48. The molecule has 0 unspecified atom stereocenters. The van der Waals surface area contributed by atoms with Gasteiger partial charge in [0.25, 0.3) is 0 Å².